The molecule has 1 amide bonds. The molecule has 0 spiro atoms. The van der Waals surface area contributed by atoms with Crippen molar-refractivity contribution in [3.8, 4) is 23.0 Å². The van der Waals surface area contributed by atoms with Crippen molar-refractivity contribution in [2.24, 2.45) is 5.10 Å². The van der Waals surface area contributed by atoms with E-state index in [0.29, 0.717) is 29.6 Å². The Hall–Kier alpha value is -3.22. The molecule has 7 heteroatoms. The van der Waals surface area contributed by atoms with E-state index < -0.39 is 0 Å². The summed E-state index contributed by atoms with van der Waals surface area (Å²) in [5, 5.41) is 3.98. The molecule has 2 aromatic rings. The first-order valence-electron chi connectivity index (χ1n) is 8.21. The molecular weight excluding hydrogens is 336 g/mol. The maximum Gasteiger partial charge on any atom is 0.244 e. The average Bonchev–Trinajstić information content (AvgIpc) is 3.10. The fourth-order valence-corrected chi connectivity index (χ4v) is 2.49. The van der Waals surface area contributed by atoms with Gasteiger partial charge in [0, 0.05) is 0 Å². The Balaban J connectivity index is 1.57. The number of nitrogens with one attached hydrogen (secondary N) is 1. The van der Waals surface area contributed by atoms with Gasteiger partial charge in [-0.15, -0.1) is 0 Å². The monoisotopic (exact) mass is 356 g/mol. The number of fused-ring (bicyclic) bond motifs is 1. The number of hydrogen-bond donors (Lipinski definition) is 1. The topological polar surface area (TPSA) is 78.4 Å². The molecule has 0 radical (unpaired) electrons. The van der Waals surface area contributed by atoms with E-state index in [-0.39, 0.29) is 19.1 Å². The predicted molar refractivity (Wildman–Crippen MR) is 96.2 cm³/mol. The SMILES string of the molecule is CCOc1ccc(/C=N\NC(=O)Cc2ccc3c(c2)OCO3)cc1OC. The van der Waals surface area contributed by atoms with Gasteiger partial charge in [0.05, 0.1) is 26.4 Å². The molecule has 1 aliphatic rings. The first-order valence-corrected chi connectivity index (χ1v) is 8.21. The first-order chi connectivity index (χ1) is 12.7. The van der Waals surface area contributed by atoms with Crippen LogP contribution in [0.2, 0.25) is 0 Å². The molecular formula is C19H20N2O5. The molecule has 136 valence electrons. The summed E-state index contributed by atoms with van der Waals surface area (Å²) in [7, 11) is 1.58. The molecule has 0 aromatic heterocycles. The number of ether oxygens (including phenoxy) is 4. The molecule has 2 aromatic carbocycles. The molecule has 1 aliphatic heterocycles. The van der Waals surface area contributed by atoms with Crippen LogP contribution in [0, 0.1) is 0 Å². The van der Waals surface area contributed by atoms with E-state index in [1.807, 2.05) is 19.1 Å². The van der Waals surface area contributed by atoms with Crippen molar-refractivity contribution in [2.75, 3.05) is 20.5 Å². The number of carbonyl (C=O) groups is 1. The number of nitrogens with zero attached hydrogens (tertiary/aromatic N) is 1. The highest BCUT2D eigenvalue weighted by Gasteiger charge is 2.14. The van der Waals surface area contributed by atoms with Gasteiger partial charge in [-0.2, -0.15) is 5.10 Å². The van der Waals surface area contributed by atoms with Crippen LogP contribution >= 0.6 is 0 Å². The zero-order valence-corrected chi connectivity index (χ0v) is 14.7. The summed E-state index contributed by atoms with van der Waals surface area (Å²) >= 11 is 0. The second kappa shape index (κ2) is 8.24. The zero-order chi connectivity index (χ0) is 18.4. The quantitative estimate of drug-likeness (QED) is 0.609. The summed E-state index contributed by atoms with van der Waals surface area (Å²) in [5.41, 5.74) is 4.12. The lowest BCUT2D eigenvalue weighted by Gasteiger charge is -2.09. The summed E-state index contributed by atoms with van der Waals surface area (Å²) < 4.78 is 21.3. The Bertz CT molecular complexity index is 820. The third kappa shape index (κ3) is 4.24. The maximum atomic E-state index is 12.0. The third-order valence-corrected chi connectivity index (χ3v) is 3.69. The highest BCUT2D eigenvalue weighted by atomic mass is 16.7. The summed E-state index contributed by atoms with van der Waals surface area (Å²) in [5.74, 6) is 2.40. The highest BCUT2D eigenvalue weighted by molar-refractivity contribution is 5.84. The van der Waals surface area contributed by atoms with Crippen LogP contribution in [0.25, 0.3) is 0 Å². The maximum absolute atomic E-state index is 12.0. The summed E-state index contributed by atoms with van der Waals surface area (Å²) in [6.07, 6.45) is 1.75. The van der Waals surface area contributed by atoms with Gasteiger partial charge in [0.2, 0.25) is 12.7 Å². The van der Waals surface area contributed by atoms with Crippen LogP contribution in [0.5, 0.6) is 23.0 Å². The summed E-state index contributed by atoms with van der Waals surface area (Å²) in [4.78, 5) is 12.0. The number of rotatable bonds is 7. The Morgan fingerprint density at radius 3 is 2.85 bits per heavy atom. The average molecular weight is 356 g/mol. The van der Waals surface area contributed by atoms with Crippen LogP contribution in [0.4, 0.5) is 0 Å². The van der Waals surface area contributed by atoms with Gasteiger partial charge in [-0.25, -0.2) is 5.43 Å². The Labute approximate surface area is 151 Å². The Morgan fingerprint density at radius 1 is 1.19 bits per heavy atom. The molecule has 0 fully saturated rings. The summed E-state index contributed by atoms with van der Waals surface area (Å²) in [6.45, 7) is 2.67. The van der Waals surface area contributed by atoms with Crippen LogP contribution < -0.4 is 24.4 Å². The number of carbonyl (C=O) groups excluding carboxylic acids is 1. The molecule has 0 unspecified atom stereocenters. The lowest BCUT2D eigenvalue weighted by atomic mass is 10.1. The lowest BCUT2D eigenvalue weighted by Crippen LogP contribution is -2.19. The number of hydrazone groups is 1. The fraction of sp³-hybridized carbons (Fsp3) is 0.263. The van der Waals surface area contributed by atoms with E-state index in [1.165, 1.54) is 0 Å². The summed E-state index contributed by atoms with van der Waals surface area (Å²) in [6, 6.07) is 10.8. The normalized spacial score (nSPS) is 12.2. The van der Waals surface area contributed by atoms with Crippen molar-refractivity contribution in [3.63, 3.8) is 0 Å². The molecule has 0 saturated carbocycles. The van der Waals surface area contributed by atoms with Crippen molar-refractivity contribution < 1.29 is 23.7 Å². The lowest BCUT2D eigenvalue weighted by molar-refractivity contribution is -0.120. The van der Waals surface area contributed by atoms with Crippen molar-refractivity contribution in [3.05, 3.63) is 47.5 Å². The molecule has 3 rings (SSSR count). The Kier molecular flexibility index (Phi) is 5.58. The van der Waals surface area contributed by atoms with Crippen LogP contribution in [0.1, 0.15) is 18.1 Å². The second-order valence-corrected chi connectivity index (χ2v) is 5.50. The minimum absolute atomic E-state index is 0.195. The molecule has 0 atom stereocenters. The molecule has 1 heterocycles. The second-order valence-electron chi connectivity index (χ2n) is 5.50. The number of amides is 1. The van der Waals surface area contributed by atoms with E-state index in [4.69, 9.17) is 18.9 Å². The number of hydrogen-bond acceptors (Lipinski definition) is 6. The smallest absolute Gasteiger partial charge is 0.244 e. The van der Waals surface area contributed by atoms with Gasteiger partial charge in [0.1, 0.15) is 0 Å². The number of methoxy groups -OCH3 is 1. The molecule has 1 N–H and O–H groups in total. The molecule has 26 heavy (non-hydrogen) atoms. The van der Waals surface area contributed by atoms with Gasteiger partial charge < -0.3 is 18.9 Å². The van der Waals surface area contributed by atoms with Crippen molar-refractivity contribution in [1.82, 2.24) is 5.43 Å². The third-order valence-electron chi connectivity index (χ3n) is 3.69. The minimum atomic E-state index is -0.224. The fourth-order valence-electron chi connectivity index (χ4n) is 2.49. The van der Waals surface area contributed by atoms with E-state index in [9.17, 15) is 4.79 Å². The van der Waals surface area contributed by atoms with E-state index in [1.54, 1.807) is 37.6 Å². The standard InChI is InChI=1S/C19H20N2O5/c1-3-24-15-7-5-14(9-17(15)23-2)11-20-21-19(22)10-13-4-6-16-18(8-13)26-12-25-16/h4-9,11H,3,10,12H2,1-2H3,(H,21,22)/b20-11-. The van der Waals surface area contributed by atoms with Gasteiger partial charge in [0.15, 0.2) is 23.0 Å². The van der Waals surface area contributed by atoms with Gasteiger partial charge in [-0.1, -0.05) is 6.07 Å². The van der Waals surface area contributed by atoms with E-state index in [2.05, 4.69) is 10.5 Å². The predicted octanol–water partition coefficient (Wildman–Crippen LogP) is 2.52. The van der Waals surface area contributed by atoms with Gasteiger partial charge in [0.25, 0.3) is 0 Å². The van der Waals surface area contributed by atoms with E-state index >= 15 is 0 Å². The zero-order valence-electron chi connectivity index (χ0n) is 14.7. The highest BCUT2D eigenvalue weighted by Crippen LogP contribution is 2.32. The van der Waals surface area contributed by atoms with Gasteiger partial charge in [-0.05, 0) is 48.4 Å². The number of benzene rings is 2. The Morgan fingerprint density at radius 2 is 2.04 bits per heavy atom. The van der Waals surface area contributed by atoms with Crippen molar-refractivity contribution >= 4 is 12.1 Å². The van der Waals surface area contributed by atoms with Gasteiger partial charge in [-0.3, -0.25) is 4.79 Å². The van der Waals surface area contributed by atoms with Gasteiger partial charge >= 0.3 is 0 Å². The van der Waals surface area contributed by atoms with Crippen LogP contribution in [-0.2, 0) is 11.2 Å². The minimum Gasteiger partial charge on any atom is -0.493 e. The van der Waals surface area contributed by atoms with E-state index in [0.717, 1.165) is 11.1 Å². The largest absolute Gasteiger partial charge is 0.493 e. The molecule has 0 saturated heterocycles. The molecule has 0 bridgehead atoms. The van der Waals surface area contributed by atoms with Crippen LogP contribution in [-0.4, -0.2) is 32.6 Å². The molecule has 0 aliphatic carbocycles. The molecule has 7 nitrogen and oxygen atoms in total. The van der Waals surface area contributed by atoms with Crippen LogP contribution in [0.3, 0.4) is 0 Å². The first kappa shape index (κ1) is 17.6. The van der Waals surface area contributed by atoms with Crippen LogP contribution in [0.15, 0.2) is 41.5 Å². The van der Waals surface area contributed by atoms with Crippen molar-refractivity contribution in [2.45, 2.75) is 13.3 Å². The van der Waals surface area contributed by atoms with Crippen molar-refractivity contribution in [1.29, 1.82) is 0 Å².